The Hall–Kier alpha value is -4.90. The molecule has 0 bridgehead atoms. The number of benzene rings is 3. The number of likely N-dealkylation sites (tertiary alicyclic amines) is 1. The molecule has 0 aromatic heterocycles. The maximum atomic E-state index is 14.0. The average molecular weight is 618 g/mol. The zero-order valence-corrected chi connectivity index (χ0v) is 24.7. The van der Waals surface area contributed by atoms with E-state index < -0.39 is 36.0 Å². The van der Waals surface area contributed by atoms with Crippen LogP contribution in [0, 0.1) is 0 Å². The van der Waals surface area contributed by atoms with Gasteiger partial charge < -0.3 is 20.7 Å². The van der Waals surface area contributed by atoms with Crippen molar-refractivity contribution < 1.29 is 28.7 Å². The van der Waals surface area contributed by atoms with Crippen molar-refractivity contribution in [3.05, 3.63) is 95.0 Å². The lowest BCUT2D eigenvalue weighted by Crippen LogP contribution is -2.57. The van der Waals surface area contributed by atoms with Crippen LogP contribution in [0.5, 0.6) is 5.75 Å². The van der Waals surface area contributed by atoms with Gasteiger partial charge in [-0.2, -0.15) is 0 Å². The second-order valence-electron chi connectivity index (χ2n) is 10.7. The molecule has 0 aliphatic carbocycles. The van der Waals surface area contributed by atoms with Crippen molar-refractivity contribution in [2.45, 2.75) is 37.8 Å². The van der Waals surface area contributed by atoms with Crippen LogP contribution in [0.4, 0.5) is 15.3 Å². The van der Waals surface area contributed by atoms with Crippen molar-refractivity contribution in [2.24, 2.45) is 5.73 Å². The zero-order valence-electron chi connectivity index (χ0n) is 23.9. The highest BCUT2D eigenvalue weighted by Crippen LogP contribution is 2.40. The smallest absolute Gasteiger partial charge is 0.409 e. The molecule has 11 nitrogen and oxygen atoms in total. The number of hydrogen-bond acceptors (Lipinski definition) is 6. The van der Waals surface area contributed by atoms with Crippen molar-refractivity contribution in [3.8, 4) is 5.75 Å². The highest BCUT2D eigenvalue weighted by Gasteiger charge is 2.59. The lowest BCUT2D eigenvalue weighted by Gasteiger charge is -2.42. The number of anilines is 1. The van der Waals surface area contributed by atoms with E-state index in [0.29, 0.717) is 42.2 Å². The van der Waals surface area contributed by atoms with Crippen LogP contribution in [-0.2, 0) is 27.3 Å². The topological polar surface area (TPSA) is 142 Å². The summed E-state index contributed by atoms with van der Waals surface area (Å²) in [4.78, 5) is 69.2. The number of aryl methyl sites for hydroxylation is 1. The third kappa shape index (κ3) is 6.52. The van der Waals surface area contributed by atoms with Crippen LogP contribution in [0.15, 0.2) is 78.9 Å². The van der Waals surface area contributed by atoms with Crippen LogP contribution in [0.1, 0.15) is 30.4 Å². The fraction of sp³-hybridized carbons (Fsp3) is 0.281. The second-order valence-corrected chi connectivity index (χ2v) is 11.1. The Balaban J connectivity index is 1.27. The average Bonchev–Trinajstić information content (AvgIpc) is 3.21. The predicted octanol–water partition coefficient (Wildman–Crippen LogP) is 3.88. The summed E-state index contributed by atoms with van der Waals surface area (Å²) in [6.07, 6.45) is 0.346. The van der Waals surface area contributed by atoms with Crippen molar-refractivity contribution in [1.82, 2.24) is 15.1 Å². The van der Waals surface area contributed by atoms with Gasteiger partial charge in [0.1, 0.15) is 17.8 Å². The molecule has 5 rings (SSSR count). The first kappa shape index (κ1) is 30.6. The van der Waals surface area contributed by atoms with Gasteiger partial charge in [-0.1, -0.05) is 60.1 Å². The Kier molecular flexibility index (Phi) is 9.15. The quantitative estimate of drug-likeness (QED) is 0.349. The number of carbonyl (C=O) groups excluding carboxylic acids is 5. The molecule has 2 aliphatic heterocycles. The Morgan fingerprint density at radius 3 is 2.25 bits per heavy atom. The van der Waals surface area contributed by atoms with Crippen molar-refractivity contribution in [2.75, 3.05) is 24.5 Å². The maximum Gasteiger partial charge on any atom is 0.409 e. The molecule has 6 amide bonds. The molecule has 228 valence electrons. The van der Waals surface area contributed by atoms with E-state index in [1.807, 2.05) is 18.2 Å². The van der Waals surface area contributed by atoms with Crippen LogP contribution in [-0.4, -0.2) is 64.8 Å². The fourth-order valence-electron chi connectivity index (χ4n) is 5.69. The first-order chi connectivity index (χ1) is 21.2. The number of primary amides is 1. The van der Waals surface area contributed by atoms with E-state index in [4.69, 9.17) is 22.1 Å². The molecule has 3 N–H and O–H groups in total. The van der Waals surface area contributed by atoms with Crippen LogP contribution in [0.2, 0.25) is 5.02 Å². The van der Waals surface area contributed by atoms with Gasteiger partial charge in [0, 0.05) is 42.3 Å². The van der Waals surface area contributed by atoms with Gasteiger partial charge in [0.05, 0.1) is 0 Å². The number of amides is 6. The van der Waals surface area contributed by atoms with Gasteiger partial charge in [-0.3, -0.25) is 24.2 Å². The molecule has 0 radical (unpaired) electrons. The Morgan fingerprint density at radius 1 is 0.909 bits per heavy atom. The fourth-order valence-corrected chi connectivity index (χ4v) is 5.81. The Labute approximate surface area is 259 Å². The first-order valence-electron chi connectivity index (χ1n) is 14.2. The number of imide groups is 1. The minimum atomic E-state index is -1.23. The minimum Gasteiger partial charge on any atom is -0.410 e. The molecule has 0 unspecified atom stereocenters. The highest BCUT2D eigenvalue weighted by molar-refractivity contribution is 6.30. The van der Waals surface area contributed by atoms with Crippen molar-refractivity contribution in [1.29, 1.82) is 0 Å². The molecule has 1 spiro atoms. The Morgan fingerprint density at radius 2 is 1.57 bits per heavy atom. The van der Waals surface area contributed by atoms with Crippen LogP contribution in [0.25, 0.3) is 0 Å². The molecular weight excluding hydrogens is 586 g/mol. The van der Waals surface area contributed by atoms with Gasteiger partial charge in [0.15, 0.2) is 0 Å². The maximum absolute atomic E-state index is 14.0. The SMILES string of the molecule is NC(=O)Oc1ccccc1CNC(=O)CN1C(=O)N(c2ccccc2)C2(CCN(C(=O)CCc3ccc(Cl)cc3)CC2)C1=O. The second kappa shape index (κ2) is 13.2. The first-order valence-corrected chi connectivity index (χ1v) is 14.6. The number of hydrogen-bond donors (Lipinski definition) is 2. The zero-order chi connectivity index (χ0) is 31.3. The summed E-state index contributed by atoms with van der Waals surface area (Å²) in [5, 5.41) is 3.31. The standard InChI is InChI=1S/C32H32ClN5O6/c33-24-13-10-22(11-14-24)12-15-28(40)36-18-16-32(17-19-36)29(41)37(31(43)38(32)25-7-2-1-3-8-25)21-27(39)35-20-23-6-4-5-9-26(23)44-30(34)42/h1-11,13-14H,12,15-21H2,(H2,34,42)(H,35,39). The summed E-state index contributed by atoms with van der Waals surface area (Å²) >= 11 is 5.96. The van der Waals surface area contributed by atoms with Crippen LogP contribution in [0.3, 0.4) is 0 Å². The number of nitrogens with zero attached hydrogens (tertiary/aromatic N) is 3. The van der Waals surface area contributed by atoms with Gasteiger partial charge >= 0.3 is 12.1 Å². The third-order valence-corrected chi connectivity index (χ3v) is 8.20. The molecule has 0 saturated carbocycles. The number of halogens is 1. The van der Waals surface area contributed by atoms with E-state index in [1.165, 1.54) is 11.0 Å². The summed E-state index contributed by atoms with van der Waals surface area (Å²) in [5.74, 6) is -0.889. The largest absolute Gasteiger partial charge is 0.410 e. The van der Waals surface area contributed by atoms with Crippen molar-refractivity contribution >= 4 is 47.1 Å². The summed E-state index contributed by atoms with van der Waals surface area (Å²) in [6.45, 7) is 0.0709. The molecule has 2 saturated heterocycles. The summed E-state index contributed by atoms with van der Waals surface area (Å²) < 4.78 is 4.98. The predicted molar refractivity (Wildman–Crippen MR) is 163 cm³/mol. The number of rotatable bonds is 9. The van der Waals surface area contributed by atoms with E-state index in [0.717, 1.165) is 10.5 Å². The lowest BCUT2D eigenvalue weighted by molar-refractivity contribution is -0.139. The summed E-state index contributed by atoms with van der Waals surface area (Å²) in [6, 6.07) is 22.2. The van der Waals surface area contributed by atoms with E-state index >= 15 is 0 Å². The van der Waals surface area contributed by atoms with Gasteiger partial charge in [0.2, 0.25) is 11.8 Å². The number of para-hydroxylation sites is 2. The molecule has 0 atom stereocenters. The van der Waals surface area contributed by atoms with Crippen LogP contribution >= 0.6 is 11.6 Å². The molecular formula is C32H32ClN5O6. The number of ether oxygens (including phenoxy) is 1. The minimum absolute atomic E-state index is 0.0147. The van der Waals surface area contributed by atoms with E-state index in [-0.39, 0.29) is 31.0 Å². The van der Waals surface area contributed by atoms with E-state index in [1.54, 1.807) is 59.5 Å². The molecule has 44 heavy (non-hydrogen) atoms. The molecule has 2 aliphatic rings. The number of urea groups is 1. The Bertz CT molecular complexity index is 1560. The van der Waals surface area contributed by atoms with Gasteiger partial charge in [-0.05, 0) is 55.2 Å². The number of carbonyl (C=O) groups is 5. The summed E-state index contributed by atoms with van der Waals surface area (Å²) in [7, 11) is 0. The molecule has 3 aromatic carbocycles. The molecule has 3 aromatic rings. The lowest BCUT2D eigenvalue weighted by atomic mass is 9.85. The molecule has 2 fully saturated rings. The highest BCUT2D eigenvalue weighted by atomic mass is 35.5. The van der Waals surface area contributed by atoms with Gasteiger partial charge in [0.25, 0.3) is 5.91 Å². The molecule has 2 heterocycles. The van der Waals surface area contributed by atoms with Gasteiger partial charge in [-0.25, -0.2) is 9.59 Å². The third-order valence-electron chi connectivity index (χ3n) is 7.95. The van der Waals surface area contributed by atoms with Gasteiger partial charge in [-0.15, -0.1) is 0 Å². The van der Waals surface area contributed by atoms with E-state index in [9.17, 15) is 24.0 Å². The normalized spacial score (nSPS) is 15.9. The number of nitrogens with two attached hydrogens (primary N) is 1. The van der Waals surface area contributed by atoms with E-state index in [2.05, 4.69) is 5.32 Å². The van der Waals surface area contributed by atoms with Crippen LogP contribution < -0.4 is 20.7 Å². The molecule has 12 heteroatoms. The number of piperidine rings is 1. The number of nitrogens with one attached hydrogen (secondary N) is 1. The van der Waals surface area contributed by atoms with Crippen molar-refractivity contribution in [3.63, 3.8) is 0 Å². The monoisotopic (exact) mass is 617 g/mol. The summed E-state index contributed by atoms with van der Waals surface area (Å²) in [5.41, 5.74) is 5.93.